The van der Waals surface area contributed by atoms with Gasteiger partial charge in [0.25, 0.3) is 0 Å². The van der Waals surface area contributed by atoms with E-state index in [4.69, 9.17) is 28.1 Å². The summed E-state index contributed by atoms with van der Waals surface area (Å²) in [5, 5.41) is 0. The quantitative estimate of drug-likeness (QED) is 0.670. The summed E-state index contributed by atoms with van der Waals surface area (Å²) in [4.78, 5) is 0. The van der Waals surface area contributed by atoms with Crippen molar-refractivity contribution in [3.63, 3.8) is 0 Å². The predicted molar refractivity (Wildman–Crippen MR) is 119 cm³/mol. The first kappa shape index (κ1) is 21.8. The Balaban J connectivity index is 0.000000135. The lowest BCUT2D eigenvalue weighted by Gasteiger charge is -2.14. The molecular weight excluding hydrogens is 413 g/mol. The minimum atomic E-state index is -0.465. The largest absolute Gasteiger partial charge is 0.498 e. The van der Waals surface area contributed by atoms with Crippen molar-refractivity contribution >= 4 is 25.2 Å². The van der Waals surface area contributed by atoms with Crippen LogP contribution in [0.4, 0.5) is 4.39 Å². The molecule has 2 atom stereocenters. The first-order chi connectivity index (χ1) is 15.6. The molecule has 32 heavy (non-hydrogen) atoms. The molecule has 2 aromatic rings. The molecule has 0 fully saturated rings. The molecule has 0 amide bonds. The molecule has 0 aromatic heterocycles. The molecule has 168 valence electrons. The maximum absolute atomic E-state index is 13.8. The summed E-state index contributed by atoms with van der Waals surface area (Å²) in [5.41, 5.74) is 5.00. The van der Waals surface area contributed by atoms with Crippen LogP contribution in [-0.2, 0) is 18.6 Å². The smallest absolute Gasteiger partial charge is 0.492 e. The van der Waals surface area contributed by atoms with Crippen molar-refractivity contribution in [2.24, 2.45) is 0 Å². The average molecular weight is 440 g/mol. The van der Waals surface area contributed by atoms with E-state index in [0.717, 1.165) is 29.5 Å². The number of rotatable bonds is 2. The Kier molecular flexibility index (Phi) is 6.16. The minimum absolute atomic E-state index is 0.154. The van der Waals surface area contributed by atoms with Gasteiger partial charge in [-0.2, -0.15) is 0 Å². The zero-order valence-electron chi connectivity index (χ0n) is 18.7. The Morgan fingerprint density at radius 3 is 1.91 bits per heavy atom. The highest BCUT2D eigenvalue weighted by Crippen LogP contribution is 2.35. The summed E-state index contributed by atoms with van der Waals surface area (Å²) in [5.74, 6) is 1.39. The van der Waals surface area contributed by atoms with Crippen molar-refractivity contribution in [2.75, 3.05) is 26.4 Å². The molecule has 0 bridgehead atoms. The SMILES string of the molecule is CCC1OB2OCCOc3ccc(F)c1c32.CC[C@H]1OB2OCCOc3ccc(C)c1c32. The van der Waals surface area contributed by atoms with Crippen LogP contribution in [0.15, 0.2) is 24.3 Å². The lowest BCUT2D eigenvalue weighted by molar-refractivity contribution is 0.139. The Labute approximate surface area is 188 Å². The van der Waals surface area contributed by atoms with Crippen LogP contribution in [-0.4, -0.2) is 40.7 Å². The fourth-order valence-electron chi connectivity index (χ4n) is 4.84. The average Bonchev–Trinajstić information content (AvgIpc) is 3.22. The molecule has 4 heterocycles. The van der Waals surface area contributed by atoms with Crippen LogP contribution in [0, 0.1) is 12.7 Å². The van der Waals surface area contributed by atoms with Crippen LogP contribution < -0.4 is 20.4 Å². The Bertz CT molecular complexity index is 923. The second kappa shape index (κ2) is 9.06. The van der Waals surface area contributed by atoms with E-state index < -0.39 is 7.12 Å². The van der Waals surface area contributed by atoms with E-state index in [0.29, 0.717) is 37.7 Å². The third-order valence-electron chi connectivity index (χ3n) is 6.31. The zero-order valence-corrected chi connectivity index (χ0v) is 18.7. The Hall–Kier alpha value is -2.06. The van der Waals surface area contributed by atoms with E-state index in [1.165, 1.54) is 17.2 Å². The van der Waals surface area contributed by atoms with Crippen molar-refractivity contribution in [3.8, 4) is 11.5 Å². The molecule has 6 nitrogen and oxygen atoms in total. The summed E-state index contributed by atoms with van der Waals surface area (Å²) >= 11 is 0. The number of hydrogen-bond donors (Lipinski definition) is 0. The van der Waals surface area contributed by atoms with Gasteiger partial charge < -0.3 is 28.1 Å². The molecule has 0 aliphatic carbocycles. The van der Waals surface area contributed by atoms with E-state index in [1.54, 1.807) is 6.07 Å². The summed E-state index contributed by atoms with van der Waals surface area (Å²) in [7, 11) is -0.689. The van der Waals surface area contributed by atoms with Crippen molar-refractivity contribution in [1.29, 1.82) is 0 Å². The van der Waals surface area contributed by atoms with Gasteiger partial charge in [-0.15, -0.1) is 0 Å². The Morgan fingerprint density at radius 2 is 1.31 bits per heavy atom. The second-order valence-electron chi connectivity index (χ2n) is 8.25. The van der Waals surface area contributed by atoms with E-state index in [1.807, 2.05) is 13.0 Å². The van der Waals surface area contributed by atoms with Gasteiger partial charge >= 0.3 is 14.2 Å². The zero-order chi connectivity index (χ0) is 22.2. The van der Waals surface area contributed by atoms with E-state index in [2.05, 4.69) is 19.9 Å². The van der Waals surface area contributed by atoms with Gasteiger partial charge in [-0.05, 0) is 49.1 Å². The summed E-state index contributed by atoms with van der Waals surface area (Å²) < 4.78 is 47.8. The first-order valence-corrected chi connectivity index (χ1v) is 11.4. The van der Waals surface area contributed by atoms with E-state index >= 15 is 0 Å². The monoisotopic (exact) mass is 440 g/mol. The molecule has 2 aromatic carbocycles. The topological polar surface area (TPSA) is 55.4 Å². The number of aryl methyl sites for hydroxylation is 1. The molecule has 4 aliphatic rings. The van der Waals surface area contributed by atoms with Crippen LogP contribution in [0.25, 0.3) is 0 Å². The van der Waals surface area contributed by atoms with Crippen LogP contribution >= 0.6 is 0 Å². The highest BCUT2D eigenvalue weighted by atomic mass is 19.1. The molecular formula is C23H27B2FO6. The van der Waals surface area contributed by atoms with Gasteiger partial charge in [0.2, 0.25) is 0 Å². The highest BCUT2D eigenvalue weighted by Gasteiger charge is 2.43. The Morgan fingerprint density at radius 1 is 0.781 bits per heavy atom. The highest BCUT2D eigenvalue weighted by molar-refractivity contribution is 6.64. The molecule has 0 saturated carbocycles. The van der Waals surface area contributed by atoms with Gasteiger partial charge in [0.1, 0.15) is 30.5 Å². The number of halogens is 1. The lowest BCUT2D eigenvalue weighted by Crippen LogP contribution is -2.31. The summed E-state index contributed by atoms with van der Waals surface area (Å²) in [6, 6.07) is 7.22. The standard InChI is InChI=1S/C12H15BO3.C11H12BFO3/c1-3-9-11-8(2)4-5-10-12(11)13(16-9)15-7-6-14-10;1-2-8-10-7(13)3-4-9-11(10)12(16-8)15-6-5-14-9/h4-5,9H,3,6-7H2,1-2H3;3-4,8H,2,5-6H2,1H3/t9-;/m1./s1. The minimum Gasteiger partial charge on any atom is -0.492 e. The molecule has 6 rings (SSSR count). The first-order valence-electron chi connectivity index (χ1n) is 11.4. The normalized spacial score (nSPS) is 22.6. The number of benzene rings is 2. The van der Waals surface area contributed by atoms with Gasteiger partial charge in [-0.1, -0.05) is 19.9 Å². The van der Waals surface area contributed by atoms with Crippen LogP contribution in [0.1, 0.15) is 55.6 Å². The van der Waals surface area contributed by atoms with Crippen LogP contribution in [0.2, 0.25) is 0 Å². The van der Waals surface area contributed by atoms with Crippen LogP contribution in [0.5, 0.6) is 11.5 Å². The molecule has 0 spiro atoms. The van der Waals surface area contributed by atoms with E-state index in [-0.39, 0.29) is 25.1 Å². The lowest BCUT2D eigenvalue weighted by atomic mass is 9.76. The third kappa shape index (κ3) is 3.71. The van der Waals surface area contributed by atoms with Gasteiger partial charge in [0, 0.05) is 16.5 Å². The summed E-state index contributed by atoms with van der Waals surface area (Å²) in [6.45, 7) is 8.37. The molecule has 0 saturated heterocycles. The predicted octanol–water partition coefficient (Wildman–Crippen LogP) is 2.99. The van der Waals surface area contributed by atoms with Gasteiger partial charge in [0.05, 0.1) is 25.4 Å². The van der Waals surface area contributed by atoms with Crippen LogP contribution in [0.3, 0.4) is 0 Å². The maximum Gasteiger partial charge on any atom is 0.498 e. The fourth-order valence-corrected chi connectivity index (χ4v) is 4.84. The molecule has 0 N–H and O–H groups in total. The van der Waals surface area contributed by atoms with Crippen molar-refractivity contribution in [3.05, 3.63) is 46.8 Å². The fraction of sp³-hybridized carbons (Fsp3) is 0.478. The molecule has 4 aliphatic heterocycles. The van der Waals surface area contributed by atoms with Gasteiger partial charge in [-0.3, -0.25) is 0 Å². The van der Waals surface area contributed by atoms with Gasteiger partial charge in [-0.25, -0.2) is 4.39 Å². The van der Waals surface area contributed by atoms with Crippen molar-refractivity contribution in [1.82, 2.24) is 0 Å². The maximum atomic E-state index is 13.8. The number of hydrogen-bond acceptors (Lipinski definition) is 6. The molecule has 0 radical (unpaired) electrons. The van der Waals surface area contributed by atoms with Gasteiger partial charge in [0.15, 0.2) is 0 Å². The molecule has 9 heteroatoms. The number of ether oxygens (including phenoxy) is 2. The van der Waals surface area contributed by atoms with Crippen molar-refractivity contribution in [2.45, 2.75) is 45.8 Å². The molecule has 1 unspecified atom stereocenters. The summed E-state index contributed by atoms with van der Waals surface area (Å²) in [6.07, 6.45) is 1.63. The third-order valence-corrected chi connectivity index (χ3v) is 6.31. The second-order valence-corrected chi connectivity index (χ2v) is 8.25. The van der Waals surface area contributed by atoms with E-state index in [9.17, 15) is 4.39 Å². The van der Waals surface area contributed by atoms with Crippen molar-refractivity contribution < 1.29 is 32.5 Å².